The Morgan fingerprint density at radius 1 is 0.789 bits per heavy atom. The molecule has 0 bridgehead atoms. The second kappa shape index (κ2) is 12.4. The zero-order chi connectivity index (χ0) is 27.1. The number of H-pyrrole nitrogens is 2. The van der Waals surface area contributed by atoms with E-state index < -0.39 is 35.9 Å². The number of rotatable bonds is 13. The maximum atomic E-state index is 13.5. The summed E-state index contributed by atoms with van der Waals surface area (Å²) < 4.78 is 0. The summed E-state index contributed by atoms with van der Waals surface area (Å²) >= 11 is 0. The van der Waals surface area contributed by atoms with E-state index in [-0.39, 0.29) is 12.8 Å². The van der Waals surface area contributed by atoms with E-state index in [0.29, 0.717) is 19.4 Å². The Labute approximate surface area is 220 Å². The molecule has 0 aliphatic heterocycles. The van der Waals surface area contributed by atoms with Crippen molar-refractivity contribution in [2.24, 2.45) is 11.5 Å². The molecule has 0 spiro atoms. The predicted molar refractivity (Wildman–Crippen MR) is 146 cm³/mol. The molecule has 0 fully saturated rings. The standard InChI is InChI=1S/C28H34N6O4/c29-12-6-5-9-21(30)26(35)33-24(13-17-15-31-22-10-3-1-7-19(17)22)27(36)34-25(28(37)38)14-18-16-32-23-11-4-2-8-20(18)23/h1-4,7-8,10-11,15-16,21,24-25,31-32H,5-6,9,12-14,29-30H2,(H,33,35)(H,34,36)(H,37,38). The number of fused-ring (bicyclic) bond motifs is 2. The Morgan fingerprint density at radius 3 is 1.87 bits per heavy atom. The number of amides is 2. The van der Waals surface area contributed by atoms with Gasteiger partial charge in [-0.2, -0.15) is 0 Å². The number of unbranched alkanes of at least 4 members (excludes halogenated alkanes) is 1. The van der Waals surface area contributed by atoms with Crippen LogP contribution in [-0.4, -0.2) is 57.5 Å². The van der Waals surface area contributed by atoms with Crippen LogP contribution < -0.4 is 22.1 Å². The first-order valence-electron chi connectivity index (χ1n) is 12.8. The number of aromatic nitrogens is 2. The molecule has 2 amide bonds. The Balaban J connectivity index is 1.53. The number of carboxylic acids is 1. The largest absolute Gasteiger partial charge is 0.480 e. The van der Waals surface area contributed by atoms with Gasteiger partial charge in [-0.15, -0.1) is 0 Å². The molecule has 0 saturated heterocycles. The summed E-state index contributed by atoms with van der Waals surface area (Å²) in [4.78, 5) is 44.8. The molecule has 200 valence electrons. The van der Waals surface area contributed by atoms with E-state index >= 15 is 0 Å². The van der Waals surface area contributed by atoms with Crippen molar-refractivity contribution in [2.45, 2.75) is 50.2 Å². The molecule has 4 rings (SSSR count). The summed E-state index contributed by atoms with van der Waals surface area (Å²) in [5.74, 6) is -2.23. The molecule has 9 N–H and O–H groups in total. The van der Waals surface area contributed by atoms with Crippen molar-refractivity contribution in [2.75, 3.05) is 6.54 Å². The molecule has 38 heavy (non-hydrogen) atoms. The minimum absolute atomic E-state index is 0.0808. The van der Waals surface area contributed by atoms with Crippen molar-refractivity contribution in [3.63, 3.8) is 0 Å². The SMILES string of the molecule is NCCCCC(N)C(=O)NC(Cc1c[nH]c2ccccc12)C(=O)NC(Cc1c[nH]c2ccccc12)C(=O)O. The third kappa shape index (κ3) is 6.39. The zero-order valence-corrected chi connectivity index (χ0v) is 21.1. The average molecular weight is 519 g/mol. The third-order valence-corrected chi connectivity index (χ3v) is 6.75. The molecule has 10 nitrogen and oxygen atoms in total. The van der Waals surface area contributed by atoms with Gasteiger partial charge in [0.05, 0.1) is 6.04 Å². The maximum absolute atomic E-state index is 13.5. The second-order valence-electron chi connectivity index (χ2n) is 9.48. The van der Waals surface area contributed by atoms with Crippen LogP contribution in [0.15, 0.2) is 60.9 Å². The number of nitrogens with two attached hydrogens (primary N) is 2. The van der Waals surface area contributed by atoms with Gasteiger partial charge in [0.2, 0.25) is 11.8 Å². The lowest BCUT2D eigenvalue weighted by atomic mass is 10.0. The normalized spacial score (nSPS) is 13.7. The molecule has 0 saturated carbocycles. The predicted octanol–water partition coefficient (Wildman–Crippen LogP) is 1.94. The van der Waals surface area contributed by atoms with Gasteiger partial charge in [-0.25, -0.2) is 4.79 Å². The summed E-state index contributed by atoms with van der Waals surface area (Å²) in [5, 5.41) is 17.1. The van der Waals surface area contributed by atoms with Crippen LogP contribution in [0.3, 0.4) is 0 Å². The summed E-state index contributed by atoms with van der Waals surface area (Å²) in [6.07, 6.45) is 5.65. The quantitative estimate of drug-likeness (QED) is 0.133. The zero-order valence-electron chi connectivity index (χ0n) is 21.1. The van der Waals surface area contributed by atoms with E-state index in [0.717, 1.165) is 39.4 Å². The Bertz CT molecular complexity index is 1410. The van der Waals surface area contributed by atoms with Gasteiger partial charge < -0.3 is 37.2 Å². The first kappa shape index (κ1) is 26.9. The van der Waals surface area contributed by atoms with Crippen LogP contribution in [0.5, 0.6) is 0 Å². The van der Waals surface area contributed by atoms with Gasteiger partial charge in [0.15, 0.2) is 0 Å². The van der Waals surface area contributed by atoms with E-state index in [1.54, 1.807) is 12.4 Å². The molecule has 4 aromatic rings. The van der Waals surface area contributed by atoms with E-state index in [9.17, 15) is 19.5 Å². The van der Waals surface area contributed by atoms with Gasteiger partial charge in [-0.05, 0) is 42.6 Å². The number of nitrogens with one attached hydrogen (secondary N) is 4. The van der Waals surface area contributed by atoms with Crippen molar-refractivity contribution in [1.82, 2.24) is 20.6 Å². The molecule has 2 heterocycles. The van der Waals surface area contributed by atoms with Crippen molar-refractivity contribution in [1.29, 1.82) is 0 Å². The number of carboxylic acid groups (broad SMARTS) is 1. The van der Waals surface area contributed by atoms with E-state index in [2.05, 4.69) is 20.6 Å². The Kier molecular flexibility index (Phi) is 8.77. The van der Waals surface area contributed by atoms with Gasteiger partial charge in [-0.3, -0.25) is 9.59 Å². The summed E-state index contributed by atoms with van der Waals surface area (Å²) in [5.41, 5.74) is 15.0. The number of para-hydroxylation sites is 2. The van der Waals surface area contributed by atoms with E-state index in [4.69, 9.17) is 11.5 Å². The highest BCUT2D eigenvalue weighted by Gasteiger charge is 2.29. The minimum Gasteiger partial charge on any atom is -0.480 e. The van der Waals surface area contributed by atoms with Crippen molar-refractivity contribution >= 4 is 39.6 Å². The third-order valence-electron chi connectivity index (χ3n) is 6.75. The topological polar surface area (TPSA) is 179 Å². The average Bonchev–Trinajstić information content (AvgIpc) is 3.52. The lowest BCUT2D eigenvalue weighted by Gasteiger charge is -2.23. The van der Waals surface area contributed by atoms with Gasteiger partial charge in [0.25, 0.3) is 0 Å². The number of carbonyl (C=O) groups excluding carboxylic acids is 2. The molecule has 10 heteroatoms. The fraction of sp³-hybridized carbons (Fsp3) is 0.321. The highest BCUT2D eigenvalue weighted by atomic mass is 16.4. The monoisotopic (exact) mass is 518 g/mol. The number of carbonyl (C=O) groups is 3. The number of benzene rings is 2. The van der Waals surface area contributed by atoms with Crippen molar-refractivity contribution < 1.29 is 19.5 Å². The highest BCUT2D eigenvalue weighted by Crippen LogP contribution is 2.21. The first-order valence-corrected chi connectivity index (χ1v) is 12.8. The fourth-order valence-corrected chi connectivity index (χ4v) is 4.64. The van der Waals surface area contributed by atoms with Gasteiger partial charge in [0, 0.05) is 47.0 Å². The smallest absolute Gasteiger partial charge is 0.326 e. The maximum Gasteiger partial charge on any atom is 0.326 e. The summed E-state index contributed by atoms with van der Waals surface area (Å²) in [7, 11) is 0. The Morgan fingerprint density at radius 2 is 1.32 bits per heavy atom. The number of aromatic amines is 2. The molecule has 0 aliphatic rings. The summed E-state index contributed by atoms with van der Waals surface area (Å²) in [6.45, 7) is 0.507. The van der Waals surface area contributed by atoms with Gasteiger partial charge in [0.1, 0.15) is 12.1 Å². The van der Waals surface area contributed by atoms with E-state index in [1.165, 1.54) is 0 Å². The Hall–Kier alpha value is -4.15. The number of aliphatic carboxylic acids is 1. The molecule has 2 aromatic carbocycles. The fourth-order valence-electron chi connectivity index (χ4n) is 4.64. The first-order chi connectivity index (χ1) is 18.4. The minimum atomic E-state index is -1.19. The molecular weight excluding hydrogens is 484 g/mol. The second-order valence-corrected chi connectivity index (χ2v) is 9.48. The lowest BCUT2D eigenvalue weighted by molar-refractivity contribution is -0.142. The van der Waals surface area contributed by atoms with Crippen LogP contribution in [0, 0.1) is 0 Å². The molecular formula is C28H34N6O4. The molecule has 0 aliphatic carbocycles. The van der Waals surface area contributed by atoms with Crippen LogP contribution >= 0.6 is 0 Å². The highest BCUT2D eigenvalue weighted by molar-refractivity contribution is 5.93. The van der Waals surface area contributed by atoms with Crippen molar-refractivity contribution in [3.8, 4) is 0 Å². The lowest BCUT2D eigenvalue weighted by Crippen LogP contribution is -2.55. The number of hydrogen-bond donors (Lipinski definition) is 7. The van der Waals surface area contributed by atoms with Crippen LogP contribution in [0.25, 0.3) is 21.8 Å². The molecule has 3 unspecified atom stereocenters. The molecule has 2 aromatic heterocycles. The van der Waals surface area contributed by atoms with Crippen LogP contribution in [0.2, 0.25) is 0 Å². The molecule has 0 radical (unpaired) electrons. The number of hydrogen-bond acceptors (Lipinski definition) is 5. The molecule has 3 atom stereocenters. The van der Waals surface area contributed by atoms with Crippen LogP contribution in [-0.2, 0) is 27.2 Å². The summed E-state index contributed by atoms with van der Waals surface area (Å²) in [6, 6.07) is 12.2. The van der Waals surface area contributed by atoms with Crippen LogP contribution in [0.1, 0.15) is 30.4 Å². The van der Waals surface area contributed by atoms with Gasteiger partial charge in [-0.1, -0.05) is 42.8 Å². The van der Waals surface area contributed by atoms with E-state index in [1.807, 2.05) is 48.5 Å². The van der Waals surface area contributed by atoms with Crippen LogP contribution in [0.4, 0.5) is 0 Å². The van der Waals surface area contributed by atoms with Gasteiger partial charge >= 0.3 is 5.97 Å². The van der Waals surface area contributed by atoms with Crippen molar-refractivity contribution in [3.05, 3.63) is 72.1 Å².